The molecule has 0 unspecified atom stereocenters. The number of halogens is 4. The van der Waals surface area contributed by atoms with Crippen LogP contribution in [0.25, 0.3) is 0 Å². The van der Waals surface area contributed by atoms with Gasteiger partial charge in [0.05, 0.1) is 35.3 Å². The van der Waals surface area contributed by atoms with Gasteiger partial charge in [-0.15, -0.1) is 11.3 Å². The predicted molar refractivity (Wildman–Crippen MR) is 104 cm³/mol. The maximum absolute atomic E-state index is 13.6. The van der Waals surface area contributed by atoms with Crippen LogP contribution in [0.3, 0.4) is 0 Å². The molecule has 0 aliphatic carbocycles. The lowest BCUT2D eigenvalue weighted by Crippen LogP contribution is -2.36. The van der Waals surface area contributed by atoms with Crippen molar-refractivity contribution in [2.24, 2.45) is 0 Å². The summed E-state index contributed by atoms with van der Waals surface area (Å²) in [4.78, 5) is 16.4. The third kappa shape index (κ3) is 5.09. The number of urea groups is 1. The van der Waals surface area contributed by atoms with Gasteiger partial charge in [-0.3, -0.25) is 0 Å². The summed E-state index contributed by atoms with van der Waals surface area (Å²) in [7, 11) is 1.51. The summed E-state index contributed by atoms with van der Waals surface area (Å²) in [5, 5.41) is 2.37. The van der Waals surface area contributed by atoms with Crippen molar-refractivity contribution in [2.75, 3.05) is 43.6 Å². The lowest BCUT2D eigenvalue weighted by molar-refractivity contribution is -0.136. The van der Waals surface area contributed by atoms with Crippen molar-refractivity contribution >= 4 is 40.3 Å². The van der Waals surface area contributed by atoms with Crippen LogP contribution in [0.15, 0.2) is 30.3 Å². The van der Waals surface area contributed by atoms with Gasteiger partial charge in [0.1, 0.15) is 0 Å². The van der Waals surface area contributed by atoms with E-state index in [1.165, 1.54) is 29.4 Å². The van der Waals surface area contributed by atoms with Crippen molar-refractivity contribution < 1.29 is 22.7 Å². The Kier molecular flexibility index (Phi) is 6.36. The summed E-state index contributed by atoms with van der Waals surface area (Å²) in [6.07, 6.45) is -4.59. The van der Waals surface area contributed by atoms with Gasteiger partial charge >= 0.3 is 12.2 Å². The van der Waals surface area contributed by atoms with Gasteiger partial charge in [-0.2, -0.15) is 13.2 Å². The summed E-state index contributed by atoms with van der Waals surface area (Å²) < 4.78 is 46.5. The Bertz CT molecular complexity index is 838. The molecular formula is C18H19ClF3N3O2S. The third-order valence-corrected chi connectivity index (χ3v) is 5.51. The zero-order valence-corrected chi connectivity index (χ0v) is 16.6. The van der Waals surface area contributed by atoms with Crippen molar-refractivity contribution in [1.82, 2.24) is 4.90 Å². The number of anilines is 2. The van der Waals surface area contributed by atoms with E-state index in [0.717, 1.165) is 10.9 Å². The summed E-state index contributed by atoms with van der Waals surface area (Å²) in [5.74, 6) is 0. The molecule has 0 spiro atoms. The number of amides is 2. The molecule has 0 radical (unpaired) electrons. The van der Waals surface area contributed by atoms with Crippen molar-refractivity contribution in [3.63, 3.8) is 0 Å². The number of hydrogen-bond donors (Lipinski definition) is 1. The van der Waals surface area contributed by atoms with Crippen LogP contribution in [0.1, 0.15) is 10.4 Å². The standard InChI is InChI=1S/C18H19ClF3N3O2S/c1-24(11-13-3-5-16(19)28-13)17(26)23-15-4-2-12(10-14(15)18(20,21)22)25-6-8-27-9-7-25/h2-5,10H,6-9,11H2,1H3,(H,23,26). The highest BCUT2D eigenvalue weighted by molar-refractivity contribution is 7.16. The maximum Gasteiger partial charge on any atom is 0.418 e. The van der Waals surface area contributed by atoms with Crippen LogP contribution in [-0.4, -0.2) is 44.3 Å². The minimum absolute atomic E-state index is 0.246. The minimum Gasteiger partial charge on any atom is -0.378 e. The van der Waals surface area contributed by atoms with Gasteiger partial charge in [0.25, 0.3) is 0 Å². The zero-order chi connectivity index (χ0) is 20.3. The van der Waals surface area contributed by atoms with E-state index in [4.69, 9.17) is 16.3 Å². The number of thiophene rings is 1. The smallest absolute Gasteiger partial charge is 0.378 e. The molecule has 28 heavy (non-hydrogen) atoms. The number of alkyl halides is 3. The monoisotopic (exact) mass is 433 g/mol. The molecule has 0 atom stereocenters. The highest BCUT2D eigenvalue weighted by Gasteiger charge is 2.35. The average molecular weight is 434 g/mol. The van der Waals surface area contributed by atoms with Crippen LogP contribution in [-0.2, 0) is 17.5 Å². The van der Waals surface area contributed by atoms with E-state index >= 15 is 0 Å². The lowest BCUT2D eigenvalue weighted by atomic mass is 10.1. The third-order valence-electron chi connectivity index (χ3n) is 4.29. The molecule has 2 amide bonds. The Morgan fingerprint density at radius 3 is 2.61 bits per heavy atom. The van der Waals surface area contributed by atoms with Gasteiger partial charge in [0.15, 0.2) is 0 Å². The Morgan fingerprint density at radius 1 is 1.29 bits per heavy atom. The number of rotatable bonds is 4. The number of nitrogens with zero attached hydrogens (tertiary/aromatic N) is 2. The number of benzene rings is 1. The fourth-order valence-electron chi connectivity index (χ4n) is 2.85. The van der Waals surface area contributed by atoms with E-state index in [1.807, 2.05) is 4.90 Å². The number of carbonyl (C=O) groups is 1. The SMILES string of the molecule is CN(Cc1ccc(Cl)s1)C(=O)Nc1ccc(N2CCOCC2)cc1C(F)(F)F. The quantitative estimate of drug-likeness (QED) is 0.744. The van der Waals surface area contributed by atoms with Crippen LogP contribution >= 0.6 is 22.9 Å². The molecule has 2 heterocycles. The molecule has 2 aromatic rings. The fourth-order valence-corrected chi connectivity index (χ4v) is 3.99. The summed E-state index contributed by atoms with van der Waals surface area (Å²) in [6, 6.07) is 6.79. The molecule has 1 saturated heterocycles. The number of morpholine rings is 1. The molecule has 1 aliphatic rings. The second-order valence-electron chi connectivity index (χ2n) is 6.32. The van der Waals surface area contributed by atoms with Crippen LogP contribution in [0.2, 0.25) is 4.34 Å². The lowest BCUT2D eigenvalue weighted by Gasteiger charge is -2.30. The highest BCUT2D eigenvalue weighted by atomic mass is 35.5. The maximum atomic E-state index is 13.6. The van der Waals surface area contributed by atoms with E-state index in [-0.39, 0.29) is 12.2 Å². The van der Waals surface area contributed by atoms with Crippen LogP contribution in [0, 0.1) is 0 Å². The summed E-state index contributed by atoms with van der Waals surface area (Å²) >= 11 is 7.18. The van der Waals surface area contributed by atoms with Gasteiger partial charge in [-0.1, -0.05) is 11.6 Å². The molecule has 1 N–H and O–H groups in total. The van der Waals surface area contributed by atoms with Gasteiger partial charge < -0.3 is 19.9 Å². The Morgan fingerprint density at radius 2 is 2.00 bits per heavy atom. The molecule has 3 rings (SSSR count). The molecule has 1 aromatic carbocycles. The summed E-state index contributed by atoms with van der Waals surface area (Å²) in [5.41, 5.74) is -0.696. The molecule has 1 fully saturated rings. The molecule has 1 aromatic heterocycles. The molecule has 0 bridgehead atoms. The molecule has 152 valence electrons. The second kappa shape index (κ2) is 8.59. The Hall–Kier alpha value is -1.97. The van der Waals surface area contributed by atoms with Crippen LogP contribution in [0.5, 0.6) is 0 Å². The first kappa shape index (κ1) is 20.8. The Labute approximate surface area is 169 Å². The molecule has 10 heteroatoms. The second-order valence-corrected chi connectivity index (χ2v) is 8.12. The van der Waals surface area contributed by atoms with E-state index < -0.39 is 17.8 Å². The predicted octanol–water partition coefficient (Wildman–Crippen LogP) is 4.92. The van der Waals surface area contributed by atoms with Gasteiger partial charge in [0, 0.05) is 30.7 Å². The van der Waals surface area contributed by atoms with E-state index in [0.29, 0.717) is 36.3 Å². The van der Waals surface area contributed by atoms with E-state index in [1.54, 1.807) is 18.2 Å². The van der Waals surface area contributed by atoms with Crippen LogP contribution in [0.4, 0.5) is 29.3 Å². The topological polar surface area (TPSA) is 44.8 Å². The van der Waals surface area contributed by atoms with Crippen LogP contribution < -0.4 is 10.2 Å². The van der Waals surface area contributed by atoms with E-state index in [9.17, 15) is 18.0 Å². The molecule has 1 aliphatic heterocycles. The van der Waals surface area contributed by atoms with Crippen molar-refractivity contribution in [2.45, 2.75) is 12.7 Å². The van der Waals surface area contributed by atoms with Crippen molar-refractivity contribution in [1.29, 1.82) is 0 Å². The van der Waals surface area contributed by atoms with Gasteiger partial charge in [-0.05, 0) is 30.3 Å². The van der Waals surface area contributed by atoms with Gasteiger partial charge in [0.2, 0.25) is 0 Å². The molecule has 0 saturated carbocycles. The van der Waals surface area contributed by atoms with Gasteiger partial charge in [-0.25, -0.2) is 4.79 Å². The minimum atomic E-state index is -4.59. The number of carbonyl (C=O) groups excluding carboxylic acids is 1. The van der Waals surface area contributed by atoms with E-state index in [2.05, 4.69) is 5.32 Å². The van der Waals surface area contributed by atoms with Crippen molar-refractivity contribution in [3.8, 4) is 0 Å². The molecular weight excluding hydrogens is 415 g/mol. The fraction of sp³-hybridized carbons (Fsp3) is 0.389. The number of ether oxygens (including phenoxy) is 1. The Balaban J connectivity index is 1.77. The first-order chi connectivity index (χ1) is 13.2. The first-order valence-corrected chi connectivity index (χ1v) is 9.74. The highest BCUT2D eigenvalue weighted by Crippen LogP contribution is 2.37. The van der Waals surface area contributed by atoms with Crippen molar-refractivity contribution in [3.05, 3.63) is 45.1 Å². The first-order valence-electron chi connectivity index (χ1n) is 8.54. The number of nitrogens with one attached hydrogen (secondary N) is 1. The summed E-state index contributed by atoms with van der Waals surface area (Å²) in [6.45, 7) is 2.23. The largest absolute Gasteiger partial charge is 0.418 e. The average Bonchev–Trinajstić information content (AvgIpc) is 3.06. The zero-order valence-electron chi connectivity index (χ0n) is 15.1. The normalized spacial score (nSPS) is 14.8. The number of hydrogen-bond acceptors (Lipinski definition) is 4. The molecule has 5 nitrogen and oxygen atoms in total.